The third-order valence-corrected chi connectivity index (χ3v) is 3.96. The second-order valence-electron chi connectivity index (χ2n) is 5.59. The van der Waals surface area contributed by atoms with E-state index in [1.54, 1.807) is 0 Å². The number of rotatable bonds is 3. The first-order chi connectivity index (χ1) is 8.69. The van der Waals surface area contributed by atoms with Gasteiger partial charge in [0.15, 0.2) is 0 Å². The lowest BCUT2D eigenvalue weighted by atomic mass is 9.86. The number of hydrogen-bond acceptors (Lipinski definition) is 2. The van der Waals surface area contributed by atoms with Crippen LogP contribution in [-0.4, -0.2) is 6.04 Å². The highest BCUT2D eigenvalue weighted by molar-refractivity contribution is 5.32. The molecule has 1 aliphatic carbocycles. The first-order valence-electron chi connectivity index (χ1n) is 6.95. The highest BCUT2D eigenvalue weighted by atomic mass is 14.9. The van der Waals surface area contributed by atoms with Gasteiger partial charge in [-0.25, -0.2) is 0 Å². The standard InChI is InChI=1S/C16H22N2/c1-12-4-3-5-16(10-12)18-13(2)15-8-6-14(11-17)7-9-15/h6-9,12-13,16,18H,3-5,10H2,1-2H3. The molecular weight excluding hydrogens is 220 g/mol. The lowest BCUT2D eigenvalue weighted by Gasteiger charge is -2.30. The van der Waals surface area contributed by atoms with Gasteiger partial charge in [0.2, 0.25) is 0 Å². The van der Waals surface area contributed by atoms with Gasteiger partial charge in [-0.2, -0.15) is 5.26 Å². The second kappa shape index (κ2) is 6.02. The van der Waals surface area contributed by atoms with Crippen molar-refractivity contribution in [1.29, 1.82) is 5.26 Å². The minimum Gasteiger partial charge on any atom is -0.307 e. The van der Waals surface area contributed by atoms with Crippen LogP contribution in [-0.2, 0) is 0 Å². The topological polar surface area (TPSA) is 35.8 Å². The Balaban J connectivity index is 1.94. The van der Waals surface area contributed by atoms with E-state index in [-0.39, 0.29) is 0 Å². The Kier molecular flexibility index (Phi) is 4.38. The van der Waals surface area contributed by atoms with Crippen molar-refractivity contribution in [3.8, 4) is 6.07 Å². The van der Waals surface area contributed by atoms with Gasteiger partial charge in [0.1, 0.15) is 0 Å². The van der Waals surface area contributed by atoms with E-state index in [4.69, 9.17) is 5.26 Å². The van der Waals surface area contributed by atoms with Gasteiger partial charge in [0.25, 0.3) is 0 Å². The Morgan fingerprint density at radius 2 is 2.00 bits per heavy atom. The average molecular weight is 242 g/mol. The fraction of sp³-hybridized carbons (Fsp3) is 0.562. The summed E-state index contributed by atoms with van der Waals surface area (Å²) in [6.07, 6.45) is 5.31. The van der Waals surface area contributed by atoms with Crippen molar-refractivity contribution in [2.75, 3.05) is 0 Å². The zero-order valence-corrected chi connectivity index (χ0v) is 11.3. The van der Waals surface area contributed by atoms with Crippen molar-refractivity contribution >= 4 is 0 Å². The Morgan fingerprint density at radius 3 is 2.61 bits per heavy atom. The highest BCUT2D eigenvalue weighted by Crippen LogP contribution is 2.25. The summed E-state index contributed by atoms with van der Waals surface area (Å²) in [7, 11) is 0. The van der Waals surface area contributed by atoms with Crippen LogP contribution >= 0.6 is 0 Å². The van der Waals surface area contributed by atoms with Crippen LogP contribution in [0.3, 0.4) is 0 Å². The van der Waals surface area contributed by atoms with Gasteiger partial charge in [0.05, 0.1) is 11.6 Å². The molecule has 96 valence electrons. The lowest BCUT2D eigenvalue weighted by Crippen LogP contribution is -2.35. The molecular formula is C16H22N2. The number of nitrogens with one attached hydrogen (secondary N) is 1. The summed E-state index contributed by atoms with van der Waals surface area (Å²) >= 11 is 0. The van der Waals surface area contributed by atoms with E-state index < -0.39 is 0 Å². The summed E-state index contributed by atoms with van der Waals surface area (Å²) in [4.78, 5) is 0. The van der Waals surface area contributed by atoms with Crippen molar-refractivity contribution in [1.82, 2.24) is 5.32 Å². The monoisotopic (exact) mass is 242 g/mol. The molecule has 0 aromatic heterocycles. The summed E-state index contributed by atoms with van der Waals surface area (Å²) in [6, 6.07) is 11.1. The molecule has 0 heterocycles. The van der Waals surface area contributed by atoms with Gasteiger partial charge in [-0.05, 0) is 43.4 Å². The molecule has 3 atom stereocenters. The van der Waals surface area contributed by atoms with Crippen LogP contribution in [0.1, 0.15) is 56.7 Å². The number of nitriles is 1. The highest BCUT2D eigenvalue weighted by Gasteiger charge is 2.20. The largest absolute Gasteiger partial charge is 0.307 e. The molecule has 0 spiro atoms. The van der Waals surface area contributed by atoms with Gasteiger partial charge in [-0.3, -0.25) is 0 Å². The zero-order valence-electron chi connectivity index (χ0n) is 11.3. The maximum Gasteiger partial charge on any atom is 0.0991 e. The molecule has 1 aliphatic rings. The number of hydrogen-bond donors (Lipinski definition) is 1. The van der Waals surface area contributed by atoms with E-state index in [2.05, 4.69) is 37.4 Å². The molecule has 1 saturated carbocycles. The molecule has 2 rings (SSSR count). The van der Waals surface area contributed by atoms with Crippen LogP contribution < -0.4 is 5.32 Å². The van der Waals surface area contributed by atoms with Crippen LogP contribution in [0, 0.1) is 17.2 Å². The Morgan fingerprint density at radius 1 is 1.28 bits per heavy atom. The minimum absolute atomic E-state index is 0.369. The summed E-state index contributed by atoms with van der Waals surface area (Å²) < 4.78 is 0. The van der Waals surface area contributed by atoms with Gasteiger partial charge in [-0.1, -0.05) is 31.9 Å². The molecule has 0 amide bonds. The molecule has 1 N–H and O–H groups in total. The van der Waals surface area contributed by atoms with Crippen LogP contribution in [0.25, 0.3) is 0 Å². The second-order valence-corrected chi connectivity index (χ2v) is 5.59. The van der Waals surface area contributed by atoms with Gasteiger partial charge < -0.3 is 5.32 Å². The molecule has 2 nitrogen and oxygen atoms in total. The van der Waals surface area contributed by atoms with E-state index in [0.717, 1.165) is 11.5 Å². The molecule has 0 bridgehead atoms. The maximum absolute atomic E-state index is 8.79. The van der Waals surface area contributed by atoms with Crippen LogP contribution in [0.5, 0.6) is 0 Å². The fourth-order valence-electron chi connectivity index (χ4n) is 2.88. The Hall–Kier alpha value is -1.33. The van der Waals surface area contributed by atoms with Crippen LogP contribution in [0.4, 0.5) is 0 Å². The molecule has 3 unspecified atom stereocenters. The van der Waals surface area contributed by atoms with Crippen LogP contribution in [0.2, 0.25) is 0 Å². The molecule has 0 radical (unpaired) electrons. The molecule has 18 heavy (non-hydrogen) atoms. The first kappa shape index (κ1) is 13.1. The van der Waals surface area contributed by atoms with Crippen LogP contribution in [0.15, 0.2) is 24.3 Å². The lowest BCUT2D eigenvalue weighted by molar-refractivity contribution is 0.285. The summed E-state index contributed by atoms with van der Waals surface area (Å²) in [6.45, 7) is 4.56. The van der Waals surface area contributed by atoms with Crippen molar-refractivity contribution in [3.05, 3.63) is 35.4 Å². The predicted molar refractivity (Wildman–Crippen MR) is 74.1 cm³/mol. The fourth-order valence-corrected chi connectivity index (χ4v) is 2.88. The minimum atomic E-state index is 0.369. The molecule has 2 heteroatoms. The van der Waals surface area contributed by atoms with Gasteiger partial charge >= 0.3 is 0 Å². The van der Waals surface area contributed by atoms with E-state index in [0.29, 0.717) is 12.1 Å². The van der Waals surface area contributed by atoms with Gasteiger partial charge in [-0.15, -0.1) is 0 Å². The van der Waals surface area contributed by atoms with E-state index in [9.17, 15) is 0 Å². The van der Waals surface area contributed by atoms with E-state index in [1.807, 2.05) is 12.1 Å². The quantitative estimate of drug-likeness (QED) is 0.875. The normalized spacial score (nSPS) is 25.4. The summed E-state index contributed by atoms with van der Waals surface area (Å²) in [5, 5.41) is 12.5. The maximum atomic E-state index is 8.79. The average Bonchev–Trinajstić information content (AvgIpc) is 2.39. The first-order valence-corrected chi connectivity index (χ1v) is 6.95. The van der Waals surface area contributed by atoms with Crippen molar-refractivity contribution in [3.63, 3.8) is 0 Å². The SMILES string of the molecule is CC1CCCC(NC(C)c2ccc(C#N)cc2)C1. The summed E-state index contributed by atoms with van der Waals surface area (Å²) in [5.74, 6) is 0.851. The van der Waals surface area contributed by atoms with E-state index >= 15 is 0 Å². The molecule has 0 aliphatic heterocycles. The molecule has 0 saturated heterocycles. The smallest absolute Gasteiger partial charge is 0.0991 e. The number of nitrogens with zero attached hydrogens (tertiary/aromatic N) is 1. The number of benzene rings is 1. The Labute approximate surface area is 110 Å². The Bertz CT molecular complexity index is 416. The predicted octanol–water partition coefficient (Wildman–Crippen LogP) is 3.79. The molecule has 1 aromatic rings. The van der Waals surface area contributed by atoms with Crippen molar-refractivity contribution < 1.29 is 0 Å². The third kappa shape index (κ3) is 3.34. The van der Waals surface area contributed by atoms with Crippen molar-refractivity contribution in [2.24, 2.45) is 5.92 Å². The zero-order chi connectivity index (χ0) is 13.0. The van der Waals surface area contributed by atoms with Gasteiger partial charge in [0, 0.05) is 12.1 Å². The molecule has 1 aromatic carbocycles. The van der Waals surface area contributed by atoms with E-state index in [1.165, 1.54) is 31.2 Å². The molecule has 1 fully saturated rings. The van der Waals surface area contributed by atoms with Crippen molar-refractivity contribution in [2.45, 2.75) is 51.6 Å². The summed E-state index contributed by atoms with van der Waals surface area (Å²) in [5.41, 5.74) is 2.00. The third-order valence-electron chi connectivity index (χ3n) is 3.96.